The first kappa shape index (κ1) is 17.2. The molecule has 1 amide bonds. The Morgan fingerprint density at radius 3 is 2.28 bits per heavy atom. The van der Waals surface area contributed by atoms with Crippen molar-refractivity contribution < 1.29 is 4.79 Å². The van der Waals surface area contributed by atoms with Gasteiger partial charge in [0.1, 0.15) is 5.69 Å². The topological polar surface area (TPSA) is 38.1 Å². The Balaban J connectivity index is 2.12. The van der Waals surface area contributed by atoms with Crippen molar-refractivity contribution in [3.05, 3.63) is 71.4 Å². The van der Waals surface area contributed by atoms with Gasteiger partial charge in [-0.25, -0.2) is 4.68 Å². The molecule has 0 aliphatic heterocycles. The highest BCUT2D eigenvalue weighted by molar-refractivity contribution is 6.30. The van der Waals surface area contributed by atoms with Gasteiger partial charge < -0.3 is 4.90 Å². The van der Waals surface area contributed by atoms with Gasteiger partial charge in [0, 0.05) is 29.9 Å². The lowest BCUT2D eigenvalue weighted by atomic mass is 10.1. The van der Waals surface area contributed by atoms with Crippen molar-refractivity contribution in [1.82, 2.24) is 14.7 Å². The maximum absolute atomic E-state index is 13.0. The van der Waals surface area contributed by atoms with Crippen molar-refractivity contribution >= 4 is 17.5 Å². The molecule has 0 bridgehead atoms. The molecule has 0 aliphatic carbocycles. The summed E-state index contributed by atoms with van der Waals surface area (Å²) in [5.74, 6) is -0.0165. The van der Waals surface area contributed by atoms with E-state index in [2.05, 4.69) is 5.10 Å². The molecule has 0 aliphatic rings. The molecule has 3 rings (SSSR count). The molecule has 0 fully saturated rings. The summed E-state index contributed by atoms with van der Waals surface area (Å²) in [5.41, 5.74) is 3.04. The van der Waals surface area contributed by atoms with Gasteiger partial charge in [0.05, 0.1) is 11.3 Å². The number of hydrogen-bond acceptors (Lipinski definition) is 2. The standard InChI is InChI=1S/C20H20ClN3O/c1-3-23(4-2)20(25)18-14-24(17-8-6-5-7-9-17)22-19(18)15-10-12-16(21)13-11-15/h5-14H,3-4H2,1-2H3. The van der Waals surface area contributed by atoms with Crippen LogP contribution >= 0.6 is 11.6 Å². The third kappa shape index (κ3) is 3.59. The van der Waals surface area contributed by atoms with Gasteiger partial charge in [0.15, 0.2) is 0 Å². The van der Waals surface area contributed by atoms with Gasteiger partial charge in [0.2, 0.25) is 0 Å². The summed E-state index contributed by atoms with van der Waals surface area (Å²) in [6.07, 6.45) is 1.81. The van der Waals surface area contributed by atoms with E-state index in [-0.39, 0.29) is 5.91 Å². The first-order valence-electron chi connectivity index (χ1n) is 8.34. The summed E-state index contributed by atoms with van der Waals surface area (Å²) in [7, 11) is 0. The Morgan fingerprint density at radius 1 is 1.04 bits per heavy atom. The highest BCUT2D eigenvalue weighted by Crippen LogP contribution is 2.26. The number of carbonyl (C=O) groups is 1. The van der Waals surface area contributed by atoms with Crippen molar-refractivity contribution in [2.45, 2.75) is 13.8 Å². The van der Waals surface area contributed by atoms with Crippen molar-refractivity contribution in [1.29, 1.82) is 0 Å². The third-order valence-electron chi connectivity index (χ3n) is 4.13. The molecule has 4 nitrogen and oxygen atoms in total. The maximum atomic E-state index is 13.0. The fourth-order valence-corrected chi connectivity index (χ4v) is 2.87. The molecule has 0 N–H and O–H groups in total. The second-order valence-corrected chi connectivity index (χ2v) is 6.09. The lowest BCUT2D eigenvalue weighted by Gasteiger charge is -2.18. The lowest BCUT2D eigenvalue weighted by molar-refractivity contribution is 0.0773. The van der Waals surface area contributed by atoms with E-state index >= 15 is 0 Å². The van der Waals surface area contributed by atoms with Crippen LogP contribution in [0.1, 0.15) is 24.2 Å². The monoisotopic (exact) mass is 353 g/mol. The molecular formula is C20H20ClN3O. The average Bonchev–Trinajstić information content (AvgIpc) is 3.09. The number of hydrogen-bond donors (Lipinski definition) is 0. The smallest absolute Gasteiger partial charge is 0.257 e. The fraction of sp³-hybridized carbons (Fsp3) is 0.200. The fourth-order valence-electron chi connectivity index (χ4n) is 2.75. The second-order valence-electron chi connectivity index (χ2n) is 5.66. The summed E-state index contributed by atoms with van der Waals surface area (Å²) < 4.78 is 1.75. The number of aromatic nitrogens is 2. The van der Waals surface area contributed by atoms with Gasteiger partial charge >= 0.3 is 0 Å². The molecular weight excluding hydrogens is 334 g/mol. The number of carbonyl (C=O) groups excluding carboxylic acids is 1. The zero-order chi connectivity index (χ0) is 17.8. The minimum Gasteiger partial charge on any atom is -0.339 e. The predicted octanol–water partition coefficient (Wildman–Crippen LogP) is 4.67. The van der Waals surface area contributed by atoms with Gasteiger partial charge in [-0.15, -0.1) is 0 Å². The van der Waals surface area contributed by atoms with Gasteiger partial charge in [-0.1, -0.05) is 41.9 Å². The van der Waals surface area contributed by atoms with Crippen LogP contribution in [0.3, 0.4) is 0 Å². The summed E-state index contributed by atoms with van der Waals surface area (Å²) in [5, 5.41) is 5.33. The van der Waals surface area contributed by atoms with E-state index in [1.54, 1.807) is 15.8 Å². The quantitative estimate of drug-likeness (QED) is 0.668. The number of halogens is 1. The van der Waals surface area contributed by atoms with E-state index in [1.807, 2.05) is 68.4 Å². The zero-order valence-electron chi connectivity index (χ0n) is 14.3. The maximum Gasteiger partial charge on any atom is 0.257 e. The highest BCUT2D eigenvalue weighted by atomic mass is 35.5. The first-order chi connectivity index (χ1) is 12.1. The lowest BCUT2D eigenvalue weighted by Crippen LogP contribution is -2.30. The molecule has 0 radical (unpaired) electrons. The first-order valence-corrected chi connectivity index (χ1v) is 8.72. The molecule has 3 aromatic rings. The van der Waals surface area contributed by atoms with Crippen LogP contribution in [0.15, 0.2) is 60.8 Å². The van der Waals surface area contributed by atoms with E-state index in [9.17, 15) is 4.79 Å². The Kier molecular flexibility index (Phi) is 5.19. The molecule has 1 heterocycles. The molecule has 0 unspecified atom stereocenters. The number of amides is 1. The van der Waals surface area contributed by atoms with Gasteiger partial charge in [-0.3, -0.25) is 4.79 Å². The van der Waals surface area contributed by atoms with Crippen LogP contribution in [0.25, 0.3) is 16.9 Å². The van der Waals surface area contributed by atoms with Crippen LogP contribution in [0.2, 0.25) is 5.02 Å². The SMILES string of the molecule is CCN(CC)C(=O)c1cn(-c2ccccc2)nc1-c1ccc(Cl)cc1. The summed E-state index contributed by atoms with van der Waals surface area (Å²) in [6, 6.07) is 17.2. The van der Waals surface area contributed by atoms with Crippen molar-refractivity contribution in [3.8, 4) is 16.9 Å². The molecule has 25 heavy (non-hydrogen) atoms. The predicted molar refractivity (Wildman–Crippen MR) is 101 cm³/mol. The Morgan fingerprint density at radius 2 is 1.68 bits per heavy atom. The van der Waals surface area contributed by atoms with Crippen LogP contribution in [0.4, 0.5) is 0 Å². The molecule has 1 aromatic heterocycles. The van der Waals surface area contributed by atoms with Crippen LogP contribution in [-0.4, -0.2) is 33.7 Å². The number of benzene rings is 2. The molecule has 5 heteroatoms. The third-order valence-corrected chi connectivity index (χ3v) is 4.39. The van der Waals surface area contributed by atoms with Crippen LogP contribution in [0.5, 0.6) is 0 Å². The average molecular weight is 354 g/mol. The number of rotatable bonds is 5. The van der Waals surface area contributed by atoms with Crippen molar-refractivity contribution in [2.24, 2.45) is 0 Å². The minimum absolute atomic E-state index is 0.0165. The molecule has 0 atom stereocenters. The van der Waals surface area contributed by atoms with E-state index in [1.165, 1.54) is 0 Å². The van der Waals surface area contributed by atoms with E-state index in [0.29, 0.717) is 29.4 Å². The van der Waals surface area contributed by atoms with Gasteiger partial charge in [0.25, 0.3) is 5.91 Å². The summed E-state index contributed by atoms with van der Waals surface area (Å²) in [4.78, 5) is 14.8. The normalized spacial score (nSPS) is 10.7. The minimum atomic E-state index is -0.0165. The van der Waals surface area contributed by atoms with E-state index in [4.69, 9.17) is 11.6 Å². The van der Waals surface area contributed by atoms with Crippen molar-refractivity contribution in [3.63, 3.8) is 0 Å². The van der Waals surface area contributed by atoms with Crippen LogP contribution in [-0.2, 0) is 0 Å². The van der Waals surface area contributed by atoms with E-state index in [0.717, 1.165) is 11.3 Å². The van der Waals surface area contributed by atoms with Gasteiger partial charge in [-0.2, -0.15) is 5.10 Å². The summed E-state index contributed by atoms with van der Waals surface area (Å²) >= 11 is 6.00. The number of nitrogens with zero attached hydrogens (tertiary/aromatic N) is 3. The Labute approximate surface area is 152 Å². The van der Waals surface area contributed by atoms with Gasteiger partial charge in [-0.05, 0) is 38.1 Å². The Hall–Kier alpha value is -2.59. The molecule has 0 spiro atoms. The zero-order valence-corrected chi connectivity index (χ0v) is 15.1. The molecule has 128 valence electrons. The molecule has 0 saturated carbocycles. The Bertz CT molecular complexity index is 852. The number of para-hydroxylation sites is 1. The highest BCUT2D eigenvalue weighted by Gasteiger charge is 2.22. The largest absolute Gasteiger partial charge is 0.339 e. The molecule has 0 saturated heterocycles. The second kappa shape index (κ2) is 7.53. The van der Waals surface area contributed by atoms with Crippen LogP contribution < -0.4 is 0 Å². The van der Waals surface area contributed by atoms with Crippen LogP contribution in [0, 0.1) is 0 Å². The summed E-state index contributed by atoms with van der Waals surface area (Å²) in [6.45, 7) is 5.27. The van der Waals surface area contributed by atoms with Crippen molar-refractivity contribution in [2.75, 3.05) is 13.1 Å². The molecule has 2 aromatic carbocycles. The van der Waals surface area contributed by atoms with E-state index < -0.39 is 0 Å².